The number of rotatable bonds is 4. The molecule has 2 heterocycles. The Morgan fingerprint density at radius 3 is 2.62 bits per heavy atom. The topological polar surface area (TPSA) is 51.0 Å². The number of benzene rings is 1. The largest absolute Gasteiger partial charge is 0.331 e. The third-order valence-corrected chi connectivity index (χ3v) is 4.84. The first-order valence-electron chi connectivity index (χ1n) is 8.80. The molecular weight excluding hydrogens is 331 g/mol. The van der Waals surface area contributed by atoms with Gasteiger partial charge in [-0.25, -0.2) is 9.37 Å². The fraction of sp³-hybridized carbons (Fsp3) is 0.350. The third kappa shape index (κ3) is 2.96. The molecule has 0 N–H and O–H groups in total. The molecule has 3 aromatic rings. The van der Waals surface area contributed by atoms with E-state index >= 15 is 0 Å². The molecule has 0 spiro atoms. The number of aryl methyl sites for hydroxylation is 3. The Hall–Kier alpha value is -2.76. The molecule has 1 aromatic carbocycles. The molecule has 0 aliphatic heterocycles. The Bertz CT molecular complexity index is 989. The first-order chi connectivity index (χ1) is 12.4. The minimum atomic E-state index is -0.268. The lowest BCUT2D eigenvalue weighted by molar-refractivity contribution is 0.0731. The summed E-state index contributed by atoms with van der Waals surface area (Å²) >= 11 is 0. The molecule has 1 aliphatic carbocycles. The van der Waals surface area contributed by atoms with Gasteiger partial charge in [-0.2, -0.15) is 5.10 Å². The summed E-state index contributed by atoms with van der Waals surface area (Å²) in [5.41, 5.74) is 3.89. The highest BCUT2D eigenvalue weighted by Gasteiger charge is 2.34. The second kappa shape index (κ2) is 6.20. The molecule has 0 saturated heterocycles. The van der Waals surface area contributed by atoms with Gasteiger partial charge in [0.15, 0.2) is 5.65 Å². The lowest BCUT2D eigenvalue weighted by Gasteiger charge is -2.23. The average molecular weight is 352 g/mol. The van der Waals surface area contributed by atoms with Crippen LogP contribution in [0.25, 0.3) is 11.0 Å². The molecule has 4 rings (SSSR count). The molecule has 1 saturated carbocycles. The average Bonchev–Trinajstić information content (AvgIpc) is 3.40. The number of aromatic nitrogens is 3. The van der Waals surface area contributed by atoms with Gasteiger partial charge in [-0.05, 0) is 50.5 Å². The normalized spacial score (nSPS) is 14.0. The van der Waals surface area contributed by atoms with Crippen molar-refractivity contribution in [3.63, 3.8) is 0 Å². The minimum absolute atomic E-state index is 0.0107. The summed E-state index contributed by atoms with van der Waals surface area (Å²) in [6, 6.07) is 8.43. The number of halogens is 1. The Labute approximate surface area is 151 Å². The first-order valence-corrected chi connectivity index (χ1v) is 8.80. The van der Waals surface area contributed by atoms with Crippen molar-refractivity contribution in [3.05, 3.63) is 58.7 Å². The van der Waals surface area contributed by atoms with Gasteiger partial charge in [-0.3, -0.25) is 9.48 Å². The molecule has 0 bridgehead atoms. The molecule has 6 heteroatoms. The van der Waals surface area contributed by atoms with Crippen LogP contribution in [0.3, 0.4) is 0 Å². The molecule has 26 heavy (non-hydrogen) atoms. The van der Waals surface area contributed by atoms with Gasteiger partial charge in [-0.1, -0.05) is 12.1 Å². The highest BCUT2D eigenvalue weighted by molar-refractivity contribution is 6.06. The molecule has 134 valence electrons. The summed E-state index contributed by atoms with van der Waals surface area (Å²) < 4.78 is 14.9. The second-order valence-electron chi connectivity index (χ2n) is 7.01. The number of fused-ring (bicyclic) bond motifs is 1. The number of hydrogen-bond donors (Lipinski definition) is 0. The van der Waals surface area contributed by atoms with Crippen LogP contribution < -0.4 is 0 Å². The van der Waals surface area contributed by atoms with Crippen molar-refractivity contribution in [2.45, 2.75) is 39.3 Å². The molecule has 0 unspecified atom stereocenters. The highest BCUT2D eigenvalue weighted by atomic mass is 19.1. The Morgan fingerprint density at radius 1 is 1.27 bits per heavy atom. The van der Waals surface area contributed by atoms with Gasteiger partial charge in [0, 0.05) is 25.3 Å². The van der Waals surface area contributed by atoms with E-state index in [4.69, 9.17) is 0 Å². The predicted octanol–water partition coefficient (Wildman–Crippen LogP) is 3.53. The van der Waals surface area contributed by atoms with Crippen molar-refractivity contribution >= 4 is 16.9 Å². The third-order valence-electron chi connectivity index (χ3n) is 4.84. The van der Waals surface area contributed by atoms with Gasteiger partial charge in [-0.15, -0.1) is 0 Å². The summed E-state index contributed by atoms with van der Waals surface area (Å²) in [5.74, 6) is -0.279. The van der Waals surface area contributed by atoms with Crippen LogP contribution >= 0.6 is 0 Å². The van der Waals surface area contributed by atoms with E-state index in [1.165, 1.54) is 12.1 Å². The van der Waals surface area contributed by atoms with E-state index in [9.17, 15) is 9.18 Å². The monoisotopic (exact) mass is 352 g/mol. The number of carbonyl (C=O) groups is 1. The van der Waals surface area contributed by atoms with Gasteiger partial charge >= 0.3 is 0 Å². The van der Waals surface area contributed by atoms with Crippen LogP contribution in [0.5, 0.6) is 0 Å². The molecular formula is C20H21FN4O. The summed E-state index contributed by atoms with van der Waals surface area (Å²) in [7, 11) is 1.84. The standard InChI is InChI=1S/C20H21FN4O/c1-12-10-17(18-13(2)23-24(3)19(18)22-12)20(26)25(16-8-9-16)11-14-4-6-15(21)7-5-14/h4-7,10,16H,8-9,11H2,1-3H3. The summed E-state index contributed by atoms with van der Waals surface area (Å²) in [5, 5.41) is 5.24. The summed E-state index contributed by atoms with van der Waals surface area (Å²) in [6.45, 7) is 4.27. The Kier molecular flexibility index (Phi) is 3.98. The predicted molar refractivity (Wildman–Crippen MR) is 97.3 cm³/mol. The van der Waals surface area contributed by atoms with Crippen LogP contribution in [-0.4, -0.2) is 31.6 Å². The van der Waals surface area contributed by atoms with Crippen molar-refractivity contribution in [2.24, 2.45) is 7.05 Å². The number of nitrogens with zero attached hydrogens (tertiary/aromatic N) is 4. The zero-order chi connectivity index (χ0) is 18.4. The second-order valence-corrected chi connectivity index (χ2v) is 7.01. The molecule has 1 aliphatic rings. The number of amides is 1. The molecule has 0 atom stereocenters. The van der Waals surface area contributed by atoms with E-state index in [1.807, 2.05) is 31.9 Å². The van der Waals surface area contributed by atoms with Crippen molar-refractivity contribution < 1.29 is 9.18 Å². The SMILES string of the molecule is Cc1cc(C(=O)N(Cc2ccc(F)cc2)C2CC2)c2c(C)nn(C)c2n1. The lowest BCUT2D eigenvalue weighted by atomic mass is 10.1. The fourth-order valence-electron chi connectivity index (χ4n) is 3.43. The van der Waals surface area contributed by atoms with Crippen molar-refractivity contribution in [1.82, 2.24) is 19.7 Å². The maximum absolute atomic E-state index is 13.4. The van der Waals surface area contributed by atoms with Gasteiger partial charge in [0.1, 0.15) is 5.82 Å². The molecule has 5 nitrogen and oxygen atoms in total. The quantitative estimate of drug-likeness (QED) is 0.722. The minimum Gasteiger partial charge on any atom is -0.331 e. The number of carbonyl (C=O) groups excluding carboxylic acids is 1. The van der Waals surface area contributed by atoms with Crippen molar-refractivity contribution in [3.8, 4) is 0 Å². The van der Waals surface area contributed by atoms with E-state index in [2.05, 4.69) is 10.1 Å². The van der Waals surface area contributed by atoms with Gasteiger partial charge in [0.2, 0.25) is 0 Å². The first kappa shape index (κ1) is 16.7. The fourth-order valence-corrected chi connectivity index (χ4v) is 3.43. The van der Waals surface area contributed by atoms with E-state index in [1.54, 1.807) is 16.8 Å². The molecule has 1 amide bonds. The Morgan fingerprint density at radius 2 is 1.96 bits per heavy atom. The van der Waals surface area contributed by atoms with E-state index in [-0.39, 0.29) is 17.8 Å². The van der Waals surface area contributed by atoms with Gasteiger partial charge < -0.3 is 4.90 Å². The van der Waals surface area contributed by atoms with Gasteiger partial charge in [0.25, 0.3) is 5.91 Å². The van der Waals surface area contributed by atoms with Crippen molar-refractivity contribution in [1.29, 1.82) is 0 Å². The van der Waals surface area contributed by atoms with Crippen LogP contribution in [0.2, 0.25) is 0 Å². The molecule has 0 radical (unpaired) electrons. The maximum atomic E-state index is 13.4. The molecule has 1 fully saturated rings. The van der Waals surface area contributed by atoms with Crippen LogP contribution in [0, 0.1) is 19.7 Å². The smallest absolute Gasteiger partial charge is 0.255 e. The highest BCUT2D eigenvalue weighted by Crippen LogP contribution is 2.32. The van der Waals surface area contributed by atoms with Crippen molar-refractivity contribution in [2.75, 3.05) is 0 Å². The van der Waals surface area contributed by atoms with E-state index < -0.39 is 0 Å². The summed E-state index contributed by atoms with van der Waals surface area (Å²) in [6.07, 6.45) is 2.01. The zero-order valence-corrected chi connectivity index (χ0v) is 15.2. The van der Waals surface area contributed by atoms with Crippen LogP contribution in [0.15, 0.2) is 30.3 Å². The number of hydrogen-bond acceptors (Lipinski definition) is 3. The summed E-state index contributed by atoms with van der Waals surface area (Å²) in [4.78, 5) is 19.8. The zero-order valence-electron chi connectivity index (χ0n) is 15.2. The van der Waals surface area contributed by atoms with Crippen LogP contribution in [-0.2, 0) is 13.6 Å². The molecule has 2 aromatic heterocycles. The van der Waals surface area contributed by atoms with Crippen LogP contribution in [0.4, 0.5) is 4.39 Å². The maximum Gasteiger partial charge on any atom is 0.255 e. The number of pyridine rings is 1. The van der Waals surface area contributed by atoms with Crippen LogP contribution in [0.1, 0.15) is 40.2 Å². The Balaban J connectivity index is 1.75. The van der Waals surface area contributed by atoms with E-state index in [0.29, 0.717) is 12.1 Å². The van der Waals surface area contributed by atoms with Gasteiger partial charge in [0.05, 0.1) is 16.6 Å². The lowest BCUT2D eigenvalue weighted by Crippen LogP contribution is -2.33. The van der Waals surface area contributed by atoms with E-state index in [0.717, 1.165) is 40.8 Å².